The Hall–Kier alpha value is -3.45. The van der Waals surface area contributed by atoms with Crippen molar-refractivity contribution >= 4 is 32.6 Å². The molecular weight excluding hydrogens is 431 g/mol. The van der Waals surface area contributed by atoms with Crippen molar-refractivity contribution in [1.82, 2.24) is 8.96 Å². The Bertz CT molecular complexity index is 1300. The largest absolute Gasteiger partial charge is 0.573 e. The first-order chi connectivity index (χ1) is 14.4. The Balaban J connectivity index is 2.12. The van der Waals surface area contributed by atoms with Gasteiger partial charge in [0.15, 0.2) is 0 Å². The first-order valence-corrected chi connectivity index (χ1v) is 10.5. The number of rotatable bonds is 5. The summed E-state index contributed by atoms with van der Waals surface area (Å²) in [4.78, 5) is 4.11. The van der Waals surface area contributed by atoms with Crippen molar-refractivity contribution in [2.45, 2.75) is 25.5 Å². The molecule has 0 amide bonds. The van der Waals surface area contributed by atoms with E-state index >= 15 is 0 Å². The first kappa shape index (κ1) is 22.2. The highest BCUT2D eigenvalue weighted by molar-refractivity contribution is 7.90. The van der Waals surface area contributed by atoms with Gasteiger partial charge in [0.25, 0.3) is 0 Å². The summed E-state index contributed by atoms with van der Waals surface area (Å²) in [5, 5.41) is -0.738. The molecule has 0 bridgehead atoms. The molecule has 0 aliphatic carbocycles. The lowest BCUT2D eigenvalue weighted by Gasteiger charge is -2.13. The van der Waals surface area contributed by atoms with Gasteiger partial charge in [-0.15, -0.1) is 19.6 Å². The minimum atomic E-state index is -4.80. The fourth-order valence-corrected chi connectivity index (χ4v) is 4.12. The highest BCUT2D eigenvalue weighted by Gasteiger charge is 2.31. The standard InChI is InChI=1S/C21H18F3N3O3S/c1-4-5-17(14-6-9-16(10-7-14)30-21(22,23)24)15-8-11-18-19(12-15)27(20(25)26-18)31(28,29)13(2)3/h1,5-13H,2-3H3,(H2,25,26)/b17-5+. The zero-order valence-corrected chi connectivity index (χ0v) is 17.3. The number of hydrogen-bond donors (Lipinski definition) is 1. The smallest absolute Gasteiger partial charge is 0.406 e. The van der Waals surface area contributed by atoms with Crippen LogP contribution in [0.2, 0.25) is 0 Å². The lowest BCUT2D eigenvalue weighted by Crippen LogP contribution is -2.23. The number of nitrogens with zero attached hydrogens (tertiary/aromatic N) is 2. The van der Waals surface area contributed by atoms with Gasteiger partial charge in [-0.25, -0.2) is 17.4 Å². The SMILES string of the molecule is C#C/C=C(\c1ccc(OC(F)(F)F)cc1)c1ccc2nc(N)n(S(=O)(=O)C(C)C)c2c1. The number of nitrogen functional groups attached to an aromatic ring is 1. The van der Waals surface area contributed by atoms with Crippen LogP contribution in [-0.2, 0) is 10.0 Å². The zero-order valence-electron chi connectivity index (χ0n) is 16.5. The van der Waals surface area contributed by atoms with E-state index in [1.165, 1.54) is 32.1 Å². The van der Waals surface area contributed by atoms with Gasteiger partial charge >= 0.3 is 6.36 Å². The summed E-state index contributed by atoms with van der Waals surface area (Å²) in [6.45, 7) is 3.05. The number of nitrogens with two attached hydrogens (primary N) is 1. The van der Waals surface area contributed by atoms with E-state index in [1.807, 2.05) is 0 Å². The molecule has 0 saturated heterocycles. The summed E-state index contributed by atoms with van der Waals surface area (Å²) in [5.41, 5.74) is 8.05. The second-order valence-corrected chi connectivity index (χ2v) is 9.17. The molecule has 0 atom stereocenters. The number of anilines is 1. The van der Waals surface area contributed by atoms with E-state index in [-0.39, 0.29) is 17.2 Å². The van der Waals surface area contributed by atoms with Gasteiger partial charge in [-0.2, -0.15) is 0 Å². The molecule has 0 saturated carbocycles. The average molecular weight is 449 g/mol. The molecule has 0 aliphatic heterocycles. The van der Waals surface area contributed by atoms with Crippen LogP contribution in [-0.4, -0.2) is 29.0 Å². The Labute approximate surface area is 177 Å². The highest BCUT2D eigenvalue weighted by atomic mass is 32.2. The quantitative estimate of drug-likeness (QED) is 0.591. The molecule has 31 heavy (non-hydrogen) atoms. The summed E-state index contributed by atoms with van der Waals surface area (Å²) in [6.07, 6.45) is 2.07. The Kier molecular flexibility index (Phi) is 5.74. The summed E-state index contributed by atoms with van der Waals surface area (Å²) < 4.78 is 67.6. The molecule has 0 unspecified atom stereocenters. The van der Waals surface area contributed by atoms with E-state index in [9.17, 15) is 21.6 Å². The summed E-state index contributed by atoms with van der Waals surface area (Å²) >= 11 is 0. The second kappa shape index (κ2) is 8.00. The zero-order chi connectivity index (χ0) is 23.0. The number of aromatic nitrogens is 2. The minimum Gasteiger partial charge on any atom is -0.406 e. The Morgan fingerprint density at radius 1 is 1.19 bits per heavy atom. The van der Waals surface area contributed by atoms with Gasteiger partial charge in [-0.1, -0.05) is 24.1 Å². The monoisotopic (exact) mass is 449 g/mol. The van der Waals surface area contributed by atoms with Gasteiger partial charge in [0.1, 0.15) is 5.75 Å². The van der Waals surface area contributed by atoms with Crippen molar-refractivity contribution in [2.24, 2.45) is 0 Å². The number of fused-ring (bicyclic) bond motifs is 1. The molecule has 0 fully saturated rings. The molecule has 3 aromatic rings. The Morgan fingerprint density at radius 3 is 2.35 bits per heavy atom. The number of allylic oxidation sites excluding steroid dienone is 1. The third-order valence-electron chi connectivity index (χ3n) is 4.43. The van der Waals surface area contributed by atoms with Gasteiger partial charge in [-0.3, -0.25) is 0 Å². The van der Waals surface area contributed by atoms with E-state index < -0.39 is 21.6 Å². The fraction of sp³-hybridized carbons (Fsp3) is 0.190. The van der Waals surface area contributed by atoms with Crippen molar-refractivity contribution in [1.29, 1.82) is 0 Å². The molecule has 0 spiro atoms. The predicted octanol–water partition coefficient (Wildman–Crippen LogP) is 4.17. The maximum atomic E-state index is 12.7. The summed E-state index contributed by atoms with van der Waals surface area (Å²) in [6, 6.07) is 10.0. The van der Waals surface area contributed by atoms with E-state index in [0.717, 1.165) is 16.1 Å². The van der Waals surface area contributed by atoms with Crippen LogP contribution in [0.1, 0.15) is 25.0 Å². The number of benzene rings is 2. The Morgan fingerprint density at radius 2 is 1.81 bits per heavy atom. The van der Waals surface area contributed by atoms with E-state index in [1.54, 1.807) is 18.2 Å². The minimum absolute atomic E-state index is 0.169. The van der Waals surface area contributed by atoms with Gasteiger partial charge in [0.05, 0.1) is 16.3 Å². The molecule has 0 radical (unpaired) electrons. The number of terminal acetylenes is 1. The maximum absolute atomic E-state index is 12.7. The van der Waals surface area contributed by atoms with Crippen LogP contribution < -0.4 is 10.5 Å². The molecular formula is C21H18F3N3O3S. The van der Waals surface area contributed by atoms with Gasteiger partial charge in [0.2, 0.25) is 16.0 Å². The number of imidazole rings is 1. The van der Waals surface area contributed by atoms with Crippen molar-refractivity contribution in [2.75, 3.05) is 5.73 Å². The van der Waals surface area contributed by atoms with Crippen LogP contribution in [0.15, 0.2) is 48.5 Å². The molecule has 1 heterocycles. The average Bonchev–Trinajstić information content (AvgIpc) is 3.01. The van der Waals surface area contributed by atoms with Crippen LogP contribution in [0.3, 0.4) is 0 Å². The predicted molar refractivity (Wildman–Crippen MR) is 113 cm³/mol. The number of halogens is 3. The lowest BCUT2D eigenvalue weighted by atomic mass is 9.97. The molecule has 0 aliphatic rings. The molecule has 3 rings (SSSR count). The second-order valence-electron chi connectivity index (χ2n) is 6.83. The summed E-state index contributed by atoms with van der Waals surface area (Å²) in [5.74, 6) is 1.85. The fourth-order valence-electron chi connectivity index (χ4n) is 2.97. The topological polar surface area (TPSA) is 87.2 Å². The molecule has 10 heteroatoms. The van der Waals surface area contributed by atoms with Crippen molar-refractivity contribution in [3.05, 3.63) is 59.7 Å². The summed E-state index contributed by atoms with van der Waals surface area (Å²) in [7, 11) is -3.79. The lowest BCUT2D eigenvalue weighted by molar-refractivity contribution is -0.274. The number of hydrogen-bond acceptors (Lipinski definition) is 5. The van der Waals surface area contributed by atoms with Gasteiger partial charge in [-0.05, 0) is 60.9 Å². The van der Waals surface area contributed by atoms with Crippen LogP contribution in [0.25, 0.3) is 16.6 Å². The third kappa shape index (κ3) is 4.51. The van der Waals surface area contributed by atoms with Crippen molar-refractivity contribution in [3.63, 3.8) is 0 Å². The first-order valence-electron chi connectivity index (χ1n) is 8.99. The molecule has 2 aromatic carbocycles. The number of alkyl halides is 3. The molecule has 162 valence electrons. The molecule has 6 nitrogen and oxygen atoms in total. The normalized spacial score (nSPS) is 12.9. The van der Waals surface area contributed by atoms with Gasteiger partial charge < -0.3 is 10.5 Å². The van der Waals surface area contributed by atoms with Crippen molar-refractivity contribution < 1.29 is 26.3 Å². The maximum Gasteiger partial charge on any atom is 0.573 e. The number of ether oxygens (including phenoxy) is 1. The highest BCUT2D eigenvalue weighted by Crippen LogP contribution is 2.31. The van der Waals surface area contributed by atoms with Crippen LogP contribution in [0.4, 0.5) is 19.1 Å². The molecule has 2 N–H and O–H groups in total. The van der Waals surface area contributed by atoms with Crippen LogP contribution >= 0.6 is 0 Å². The van der Waals surface area contributed by atoms with E-state index in [0.29, 0.717) is 22.2 Å². The van der Waals surface area contributed by atoms with Crippen molar-refractivity contribution in [3.8, 4) is 18.1 Å². The van der Waals surface area contributed by atoms with E-state index in [4.69, 9.17) is 12.2 Å². The third-order valence-corrected chi connectivity index (χ3v) is 6.51. The van der Waals surface area contributed by atoms with Crippen LogP contribution in [0.5, 0.6) is 5.75 Å². The van der Waals surface area contributed by atoms with E-state index in [2.05, 4.69) is 15.6 Å². The molecule has 1 aromatic heterocycles. The van der Waals surface area contributed by atoms with Gasteiger partial charge in [0, 0.05) is 0 Å². The van der Waals surface area contributed by atoms with Crippen LogP contribution in [0, 0.1) is 12.3 Å².